The van der Waals surface area contributed by atoms with Gasteiger partial charge in [0.15, 0.2) is 0 Å². The molecule has 0 saturated heterocycles. The predicted molar refractivity (Wildman–Crippen MR) is 51.4 cm³/mol. The van der Waals surface area contributed by atoms with E-state index in [4.69, 9.17) is 0 Å². The van der Waals surface area contributed by atoms with Crippen LogP contribution >= 0.6 is 0 Å². The average molecular weight is 370 g/mol. The molecule has 2 heterocycles. The fraction of sp³-hybridized carbons (Fsp3) is 0. The number of fused-ring (bicyclic) bond motifs is 3. The third-order valence-electron chi connectivity index (χ3n) is 2.18. The van der Waals surface area contributed by atoms with Crippen molar-refractivity contribution < 1.29 is 27.7 Å². The molecule has 3 nitrogen and oxygen atoms in total. The van der Waals surface area contributed by atoms with Crippen molar-refractivity contribution in [2.45, 2.75) is 0 Å². The van der Waals surface area contributed by atoms with Crippen molar-refractivity contribution in [2.24, 2.45) is 0 Å². The molecule has 3 rings (SSSR count). The van der Waals surface area contributed by atoms with E-state index in [2.05, 4.69) is 15.0 Å². The molecule has 0 unspecified atom stereocenters. The first kappa shape index (κ1) is 9.58. The zero-order chi connectivity index (χ0) is 8.67. The number of hydrogen-bond donors (Lipinski definition) is 1. The van der Waals surface area contributed by atoms with Crippen LogP contribution in [0.4, 0.5) is 0 Å². The molecule has 1 aromatic carbocycles. The summed E-state index contributed by atoms with van der Waals surface area (Å²) in [5.74, 6) is 0. The first-order valence-electron chi connectivity index (χ1n) is 4.12. The molecule has 2 aromatic heterocycles. The van der Waals surface area contributed by atoms with Crippen LogP contribution in [0.1, 0.15) is 0 Å². The molecule has 0 fully saturated rings. The number of aromatic nitrogens is 3. The van der Waals surface area contributed by atoms with Gasteiger partial charge in [-0.1, -0.05) is 0 Å². The van der Waals surface area contributed by atoms with Gasteiger partial charge in [-0.15, -0.1) is 0 Å². The minimum Gasteiger partial charge on any atom is -0.361 e. The maximum atomic E-state index is 4.22. The second kappa shape index (κ2) is 3.65. The number of rotatable bonds is 0. The van der Waals surface area contributed by atoms with E-state index in [1.165, 1.54) is 0 Å². The minimum absolute atomic E-state index is 0. The SMILES string of the molecule is [Hg].c1c[nH]c2ccc3ncnc3c2c1. The van der Waals surface area contributed by atoms with E-state index in [0.717, 1.165) is 21.9 Å². The maximum Gasteiger partial charge on any atom is 0.116 e. The second-order valence-electron chi connectivity index (χ2n) is 2.94. The Labute approximate surface area is 101 Å². The summed E-state index contributed by atoms with van der Waals surface area (Å²) >= 11 is 0. The Bertz CT molecular complexity index is 573. The molecule has 0 saturated carbocycles. The van der Waals surface area contributed by atoms with E-state index in [9.17, 15) is 0 Å². The Hall–Kier alpha value is -0.965. The first-order chi connectivity index (χ1) is 6.45. The molecule has 0 spiro atoms. The zero-order valence-corrected chi connectivity index (χ0v) is 13.1. The number of benzene rings is 1. The van der Waals surface area contributed by atoms with Gasteiger partial charge in [-0.25, -0.2) is 9.97 Å². The molecule has 4 heteroatoms. The van der Waals surface area contributed by atoms with Crippen LogP contribution in [-0.2, 0) is 27.7 Å². The molecule has 1 N–H and O–H groups in total. The van der Waals surface area contributed by atoms with E-state index in [1.54, 1.807) is 6.33 Å². The van der Waals surface area contributed by atoms with Gasteiger partial charge in [0.25, 0.3) is 0 Å². The first-order valence-corrected chi connectivity index (χ1v) is 4.12. The fourth-order valence-corrected chi connectivity index (χ4v) is 1.56. The minimum atomic E-state index is 0. The number of H-pyrrole nitrogens is 1. The van der Waals surface area contributed by atoms with Gasteiger partial charge in [0, 0.05) is 44.8 Å². The molecule has 3 aromatic rings. The van der Waals surface area contributed by atoms with Gasteiger partial charge in [0.2, 0.25) is 0 Å². The summed E-state index contributed by atoms with van der Waals surface area (Å²) in [6.45, 7) is 0. The molecular formula is C10H7HgN3. The summed E-state index contributed by atoms with van der Waals surface area (Å²) in [6, 6.07) is 8.01. The molecule has 0 amide bonds. The summed E-state index contributed by atoms with van der Waals surface area (Å²) in [5, 5.41) is 1.12. The van der Waals surface area contributed by atoms with Crippen molar-refractivity contribution in [3.63, 3.8) is 0 Å². The summed E-state index contributed by atoms with van der Waals surface area (Å²) in [6.07, 6.45) is 3.50. The van der Waals surface area contributed by atoms with Crippen molar-refractivity contribution in [3.05, 3.63) is 36.8 Å². The third-order valence-corrected chi connectivity index (χ3v) is 2.18. The molecule has 64 valence electrons. The number of nitrogens with zero attached hydrogens (tertiary/aromatic N) is 2. The number of nitrogens with one attached hydrogen (secondary N) is 1. The Morgan fingerprint density at radius 2 is 2.00 bits per heavy atom. The number of hydrogen-bond acceptors (Lipinski definition) is 2. The number of imidazole rings is 1. The third kappa shape index (κ3) is 1.32. The van der Waals surface area contributed by atoms with Crippen molar-refractivity contribution >= 4 is 21.9 Å². The van der Waals surface area contributed by atoms with Crippen molar-refractivity contribution in [2.75, 3.05) is 0 Å². The number of pyridine rings is 1. The van der Waals surface area contributed by atoms with Gasteiger partial charge >= 0.3 is 0 Å². The van der Waals surface area contributed by atoms with Crippen molar-refractivity contribution in [1.29, 1.82) is 0 Å². The van der Waals surface area contributed by atoms with Crippen LogP contribution in [0, 0.1) is 0 Å². The van der Waals surface area contributed by atoms with Gasteiger partial charge in [0.1, 0.15) is 6.33 Å². The summed E-state index contributed by atoms with van der Waals surface area (Å²) in [5.41, 5.74) is 3.01. The number of aromatic amines is 1. The summed E-state index contributed by atoms with van der Waals surface area (Å²) in [4.78, 5) is 11.5. The quantitative estimate of drug-likeness (QED) is 0.617. The maximum absolute atomic E-state index is 4.22. The van der Waals surface area contributed by atoms with E-state index in [1.807, 2.05) is 30.5 Å². The van der Waals surface area contributed by atoms with Crippen LogP contribution in [0.3, 0.4) is 0 Å². The van der Waals surface area contributed by atoms with Gasteiger partial charge < -0.3 is 4.98 Å². The normalized spacial score (nSPS) is 10.3. The molecular weight excluding hydrogens is 363 g/mol. The van der Waals surface area contributed by atoms with Gasteiger partial charge in [-0.05, 0) is 24.3 Å². The zero-order valence-electron chi connectivity index (χ0n) is 7.57. The van der Waals surface area contributed by atoms with Crippen LogP contribution in [0.15, 0.2) is 36.8 Å². The van der Waals surface area contributed by atoms with Crippen LogP contribution in [-0.4, -0.2) is 15.0 Å². The molecule has 0 aliphatic heterocycles. The van der Waals surface area contributed by atoms with Crippen LogP contribution in [0.5, 0.6) is 0 Å². The van der Waals surface area contributed by atoms with Crippen LogP contribution in [0.2, 0.25) is 0 Å². The Kier molecular flexibility index (Phi) is 2.50. The van der Waals surface area contributed by atoms with Crippen LogP contribution < -0.4 is 0 Å². The standard InChI is InChI=1S/C10H7N3.Hg/c1-2-7-8(11-5-1)3-4-9-10(7)13-6-12-9;/h1-6,11H;. The predicted octanol–water partition coefficient (Wildman–Crippen LogP) is 2.11. The molecule has 0 atom stereocenters. The van der Waals surface area contributed by atoms with E-state index >= 15 is 0 Å². The fourth-order valence-electron chi connectivity index (χ4n) is 1.56. The summed E-state index contributed by atoms with van der Waals surface area (Å²) < 4.78 is 0. The summed E-state index contributed by atoms with van der Waals surface area (Å²) in [7, 11) is 0. The van der Waals surface area contributed by atoms with E-state index in [0.29, 0.717) is 0 Å². The molecule has 0 bridgehead atoms. The van der Waals surface area contributed by atoms with Crippen molar-refractivity contribution in [3.8, 4) is 0 Å². The largest absolute Gasteiger partial charge is 0.361 e. The van der Waals surface area contributed by atoms with E-state index in [-0.39, 0.29) is 27.7 Å². The molecule has 0 aliphatic carbocycles. The Balaban J connectivity index is 0.000000750. The second-order valence-corrected chi connectivity index (χ2v) is 2.94. The smallest absolute Gasteiger partial charge is 0.116 e. The van der Waals surface area contributed by atoms with Gasteiger partial charge in [-0.2, -0.15) is 0 Å². The molecule has 0 radical (unpaired) electrons. The topological polar surface area (TPSA) is 41.6 Å². The Morgan fingerprint density at radius 3 is 2.93 bits per heavy atom. The average Bonchev–Trinajstić information content (AvgIpc) is 2.65. The van der Waals surface area contributed by atoms with Gasteiger partial charge in [0.05, 0.1) is 11.0 Å². The molecule has 0 aliphatic rings. The Morgan fingerprint density at radius 1 is 1.07 bits per heavy atom. The van der Waals surface area contributed by atoms with E-state index < -0.39 is 0 Å². The molecule has 14 heavy (non-hydrogen) atoms. The van der Waals surface area contributed by atoms with Crippen molar-refractivity contribution in [1.82, 2.24) is 15.0 Å². The van der Waals surface area contributed by atoms with Gasteiger partial charge in [-0.3, -0.25) is 0 Å². The monoisotopic (exact) mass is 371 g/mol. The van der Waals surface area contributed by atoms with Crippen LogP contribution in [0.25, 0.3) is 21.9 Å².